The molecule has 0 aromatic carbocycles. The highest BCUT2D eigenvalue weighted by atomic mass is 35.5. The molecule has 3 N–H and O–H groups in total. The highest BCUT2D eigenvalue weighted by Gasteiger charge is 2.23. The number of carboxylic acids is 1. The average molecular weight is 270 g/mol. The third-order valence-corrected chi connectivity index (χ3v) is 2.66. The van der Waals surface area contributed by atoms with Gasteiger partial charge in [-0.2, -0.15) is 0 Å². The Morgan fingerprint density at radius 3 is 2.78 bits per heavy atom. The summed E-state index contributed by atoms with van der Waals surface area (Å²) >= 11 is 5.69. The second kappa shape index (κ2) is 5.22. The van der Waals surface area contributed by atoms with Gasteiger partial charge in [0.2, 0.25) is 5.91 Å². The van der Waals surface area contributed by atoms with Crippen molar-refractivity contribution in [2.75, 3.05) is 11.9 Å². The molecule has 0 aliphatic heterocycles. The minimum Gasteiger partial charge on any atom is -0.478 e. The van der Waals surface area contributed by atoms with Crippen LogP contribution in [0.2, 0.25) is 5.15 Å². The van der Waals surface area contributed by atoms with Crippen LogP contribution in [0.1, 0.15) is 23.2 Å². The molecule has 1 amide bonds. The molecular formula is C11H12ClN3O3. The van der Waals surface area contributed by atoms with Gasteiger partial charge in [0.15, 0.2) is 0 Å². The van der Waals surface area contributed by atoms with Crippen molar-refractivity contribution in [1.29, 1.82) is 0 Å². The Bertz CT molecular complexity index is 488. The number of hydrogen-bond donors (Lipinski definition) is 3. The highest BCUT2D eigenvalue weighted by molar-refractivity contribution is 6.29. The summed E-state index contributed by atoms with van der Waals surface area (Å²) in [4.78, 5) is 26.2. The molecule has 6 nitrogen and oxygen atoms in total. The molecule has 1 fully saturated rings. The zero-order valence-corrected chi connectivity index (χ0v) is 10.2. The summed E-state index contributed by atoms with van der Waals surface area (Å²) < 4.78 is 0. The number of aromatic nitrogens is 1. The Morgan fingerprint density at radius 2 is 2.17 bits per heavy atom. The molecule has 0 saturated heterocycles. The van der Waals surface area contributed by atoms with Crippen LogP contribution in [-0.2, 0) is 4.79 Å². The Morgan fingerprint density at radius 1 is 1.44 bits per heavy atom. The summed E-state index contributed by atoms with van der Waals surface area (Å²) in [5.74, 6) is -1.21. The molecule has 0 bridgehead atoms. The molecule has 1 aliphatic rings. The highest BCUT2D eigenvalue weighted by Crippen LogP contribution is 2.19. The number of amides is 1. The van der Waals surface area contributed by atoms with Gasteiger partial charge in [0.1, 0.15) is 16.5 Å². The number of nitrogens with zero attached hydrogens (tertiary/aromatic N) is 1. The number of nitrogens with one attached hydrogen (secondary N) is 2. The fraction of sp³-hybridized carbons (Fsp3) is 0.364. The number of pyridine rings is 1. The lowest BCUT2D eigenvalue weighted by molar-refractivity contribution is -0.119. The normalized spacial score (nSPS) is 14.1. The van der Waals surface area contributed by atoms with Gasteiger partial charge in [-0.05, 0) is 25.0 Å². The molecule has 7 heteroatoms. The molecule has 1 heterocycles. The fourth-order valence-corrected chi connectivity index (χ4v) is 1.56. The number of anilines is 1. The molecule has 0 radical (unpaired) electrons. The first-order valence-corrected chi connectivity index (χ1v) is 5.87. The lowest BCUT2D eigenvalue weighted by Crippen LogP contribution is -2.31. The van der Waals surface area contributed by atoms with Crippen molar-refractivity contribution >= 4 is 29.3 Å². The second-order valence-electron chi connectivity index (χ2n) is 4.03. The summed E-state index contributed by atoms with van der Waals surface area (Å²) in [5, 5.41) is 14.6. The molecule has 0 spiro atoms. The third-order valence-electron chi connectivity index (χ3n) is 2.45. The first-order chi connectivity index (χ1) is 8.56. The minimum atomic E-state index is -1.12. The standard InChI is InChI=1S/C11H12ClN3O3/c12-8-4-3-7(11(17)18)10(15-8)13-5-9(16)14-6-1-2-6/h3-4,6H,1-2,5H2,(H,13,15)(H,14,16)(H,17,18). The number of carboxylic acid groups (broad SMARTS) is 1. The molecule has 96 valence electrons. The van der Waals surface area contributed by atoms with Crippen molar-refractivity contribution in [2.45, 2.75) is 18.9 Å². The Kier molecular flexibility index (Phi) is 3.66. The van der Waals surface area contributed by atoms with E-state index in [2.05, 4.69) is 15.6 Å². The van der Waals surface area contributed by atoms with Crippen molar-refractivity contribution in [1.82, 2.24) is 10.3 Å². The Balaban J connectivity index is 2.00. The summed E-state index contributed by atoms with van der Waals surface area (Å²) in [5.41, 5.74) is -0.0152. The van der Waals surface area contributed by atoms with Crippen LogP contribution in [0.4, 0.5) is 5.82 Å². The fourth-order valence-electron chi connectivity index (χ4n) is 1.41. The number of aromatic carboxylic acids is 1. The first kappa shape index (κ1) is 12.6. The lowest BCUT2D eigenvalue weighted by Gasteiger charge is -2.09. The zero-order valence-electron chi connectivity index (χ0n) is 9.44. The third kappa shape index (κ3) is 3.33. The summed E-state index contributed by atoms with van der Waals surface area (Å²) in [6.45, 7) is -0.0237. The van der Waals surface area contributed by atoms with Crippen LogP contribution >= 0.6 is 11.6 Å². The maximum Gasteiger partial charge on any atom is 0.339 e. The van der Waals surface area contributed by atoms with Gasteiger partial charge in [0.25, 0.3) is 0 Å². The predicted molar refractivity (Wildman–Crippen MR) is 65.9 cm³/mol. The van der Waals surface area contributed by atoms with E-state index in [9.17, 15) is 9.59 Å². The van der Waals surface area contributed by atoms with Crippen molar-refractivity contribution in [3.8, 4) is 0 Å². The van der Waals surface area contributed by atoms with E-state index in [1.165, 1.54) is 12.1 Å². The molecule has 1 aromatic heterocycles. The quantitative estimate of drug-likeness (QED) is 0.697. The van der Waals surface area contributed by atoms with Crippen molar-refractivity contribution < 1.29 is 14.7 Å². The lowest BCUT2D eigenvalue weighted by atomic mass is 10.2. The molecule has 0 atom stereocenters. The van der Waals surface area contributed by atoms with Crippen LogP contribution in [-0.4, -0.2) is 34.6 Å². The van der Waals surface area contributed by atoms with Crippen LogP contribution in [0, 0.1) is 0 Å². The molecule has 1 aliphatic carbocycles. The second-order valence-corrected chi connectivity index (χ2v) is 4.42. The molecule has 18 heavy (non-hydrogen) atoms. The van der Waals surface area contributed by atoms with E-state index in [0.29, 0.717) is 0 Å². The van der Waals surface area contributed by atoms with Crippen LogP contribution in [0.5, 0.6) is 0 Å². The maximum atomic E-state index is 11.5. The summed E-state index contributed by atoms with van der Waals surface area (Å²) in [6.07, 6.45) is 2.00. The van der Waals surface area contributed by atoms with E-state index in [1.54, 1.807) is 0 Å². The van der Waals surface area contributed by atoms with Gasteiger partial charge in [-0.15, -0.1) is 0 Å². The number of hydrogen-bond acceptors (Lipinski definition) is 4. The summed E-state index contributed by atoms with van der Waals surface area (Å²) in [7, 11) is 0. The molecule has 1 aromatic rings. The number of carbonyl (C=O) groups excluding carboxylic acids is 1. The van der Waals surface area contributed by atoms with Gasteiger partial charge in [-0.1, -0.05) is 11.6 Å². The van der Waals surface area contributed by atoms with E-state index < -0.39 is 5.97 Å². The van der Waals surface area contributed by atoms with Gasteiger partial charge in [-0.3, -0.25) is 4.79 Å². The molecule has 0 unspecified atom stereocenters. The average Bonchev–Trinajstić information content (AvgIpc) is 3.10. The van der Waals surface area contributed by atoms with E-state index in [-0.39, 0.29) is 35.0 Å². The van der Waals surface area contributed by atoms with Gasteiger partial charge in [0.05, 0.1) is 6.54 Å². The Labute approximate surface area is 108 Å². The predicted octanol–water partition coefficient (Wildman–Crippen LogP) is 1.12. The van der Waals surface area contributed by atoms with Crippen LogP contribution in [0.15, 0.2) is 12.1 Å². The molecular weight excluding hydrogens is 258 g/mol. The van der Waals surface area contributed by atoms with E-state index in [4.69, 9.17) is 16.7 Å². The SMILES string of the molecule is O=C(CNc1nc(Cl)ccc1C(=O)O)NC1CC1. The van der Waals surface area contributed by atoms with E-state index in [0.717, 1.165) is 12.8 Å². The largest absolute Gasteiger partial charge is 0.478 e. The van der Waals surface area contributed by atoms with Crippen LogP contribution in [0.25, 0.3) is 0 Å². The van der Waals surface area contributed by atoms with Crippen LogP contribution in [0.3, 0.4) is 0 Å². The molecule has 2 rings (SSSR count). The molecule has 1 saturated carbocycles. The number of halogens is 1. The topological polar surface area (TPSA) is 91.3 Å². The van der Waals surface area contributed by atoms with Crippen molar-refractivity contribution in [3.63, 3.8) is 0 Å². The minimum absolute atomic E-state index is 0.0152. The van der Waals surface area contributed by atoms with Gasteiger partial charge < -0.3 is 15.7 Å². The van der Waals surface area contributed by atoms with Gasteiger partial charge >= 0.3 is 5.97 Å². The smallest absolute Gasteiger partial charge is 0.339 e. The van der Waals surface area contributed by atoms with E-state index in [1.807, 2.05) is 0 Å². The van der Waals surface area contributed by atoms with Crippen molar-refractivity contribution in [2.24, 2.45) is 0 Å². The zero-order chi connectivity index (χ0) is 13.1. The van der Waals surface area contributed by atoms with Gasteiger partial charge in [0, 0.05) is 6.04 Å². The van der Waals surface area contributed by atoms with E-state index >= 15 is 0 Å². The number of carbonyl (C=O) groups is 2. The van der Waals surface area contributed by atoms with Gasteiger partial charge in [-0.25, -0.2) is 9.78 Å². The van der Waals surface area contributed by atoms with Crippen molar-refractivity contribution in [3.05, 3.63) is 22.8 Å². The van der Waals surface area contributed by atoms with Crippen LogP contribution < -0.4 is 10.6 Å². The number of rotatable bonds is 5. The Hall–Kier alpha value is -1.82. The first-order valence-electron chi connectivity index (χ1n) is 5.49. The maximum absolute atomic E-state index is 11.5. The monoisotopic (exact) mass is 269 g/mol. The summed E-state index contributed by atoms with van der Waals surface area (Å²) in [6, 6.07) is 3.00.